The van der Waals surface area contributed by atoms with E-state index < -0.39 is 41.4 Å². The fraction of sp³-hybridized carbons (Fsp3) is 0.455. The first kappa shape index (κ1) is 20.6. The highest BCUT2D eigenvalue weighted by molar-refractivity contribution is 5.96. The second-order valence-corrected chi connectivity index (χ2v) is 7.95. The Morgan fingerprint density at radius 2 is 2.00 bits per heavy atom. The number of aromatic nitrogens is 2. The third kappa shape index (κ3) is 3.63. The van der Waals surface area contributed by atoms with Crippen LogP contribution in [0.15, 0.2) is 24.3 Å². The molecule has 160 valence electrons. The number of amides is 1. The molecule has 0 N–H and O–H groups in total. The monoisotopic (exact) mass is 421 g/mol. The van der Waals surface area contributed by atoms with Crippen molar-refractivity contribution in [3.05, 3.63) is 58.4 Å². The molecule has 1 amide bonds. The summed E-state index contributed by atoms with van der Waals surface area (Å²) in [5.41, 5.74) is 0.966. The summed E-state index contributed by atoms with van der Waals surface area (Å²) in [7, 11) is 1.18. The molecule has 30 heavy (non-hydrogen) atoms. The number of hydrogen-bond acceptors (Lipinski definition) is 2. The third-order valence-corrected chi connectivity index (χ3v) is 5.87. The molecule has 0 saturated heterocycles. The molecule has 2 aliphatic rings. The van der Waals surface area contributed by atoms with Gasteiger partial charge in [0.1, 0.15) is 17.1 Å². The van der Waals surface area contributed by atoms with Crippen molar-refractivity contribution in [3.63, 3.8) is 0 Å². The molecule has 4 rings (SSSR count). The van der Waals surface area contributed by atoms with Crippen LogP contribution in [0.1, 0.15) is 78.7 Å². The Balaban J connectivity index is 1.77. The molecule has 1 atom stereocenters. The average Bonchev–Trinajstić information content (AvgIpc) is 3.28. The van der Waals surface area contributed by atoms with Crippen molar-refractivity contribution in [1.82, 2.24) is 14.7 Å². The zero-order valence-corrected chi connectivity index (χ0v) is 16.8. The van der Waals surface area contributed by atoms with Gasteiger partial charge in [-0.2, -0.15) is 9.49 Å². The smallest absolute Gasteiger partial charge is 0.283 e. The maximum Gasteiger partial charge on any atom is 0.283 e. The van der Waals surface area contributed by atoms with Crippen LogP contribution in [0.25, 0.3) is 5.57 Å². The van der Waals surface area contributed by atoms with Gasteiger partial charge >= 0.3 is 0 Å². The largest absolute Gasteiger partial charge is 0.329 e. The molecule has 0 radical (unpaired) electrons. The minimum absolute atomic E-state index is 0.202. The van der Waals surface area contributed by atoms with Crippen LogP contribution in [0.5, 0.6) is 0 Å². The Bertz CT molecular complexity index is 1010. The van der Waals surface area contributed by atoms with Crippen LogP contribution in [0.4, 0.5) is 17.6 Å². The normalized spacial score (nSPS) is 17.4. The third-order valence-electron chi connectivity index (χ3n) is 5.87. The van der Waals surface area contributed by atoms with E-state index >= 15 is 0 Å². The quantitative estimate of drug-likeness (QED) is 0.572. The number of hydrogen-bond donors (Lipinski definition) is 0. The molecule has 0 spiro atoms. The highest BCUT2D eigenvalue weighted by Gasteiger charge is 2.41. The summed E-state index contributed by atoms with van der Waals surface area (Å²) >= 11 is 0. The van der Waals surface area contributed by atoms with Gasteiger partial charge in [0, 0.05) is 13.1 Å². The molecule has 2 aromatic rings. The molecule has 1 heterocycles. The maximum atomic E-state index is 14.6. The number of carbonyl (C=O) groups is 1. The number of rotatable bonds is 6. The zero-order chi connectivity index (χ0) is 21.6. The van der Waals surface area contributed by atoms with E-state index in [1.807, 2.05) is 0 Å². The number of allylic oxidation sites excluding steroid dienone is 2. The minimum Gasteiger partial charge on any atom is -0.329 e. The molecule has 1 fully saturated rings. The van der Waals surface area contributed by atoms with E-state index in [2.05, 4.69) is 11.2 Å². The van der Waals surface area contributed by atoms with Gasteiger partial charge in [-0.15, -0.1) is 0 Å². The second kappa shape index (κ2) is 7.89. The number of alkyl halides is 2. The van der Waals surface area contributed by atoms with Gasteiger partial charge in [0.15, 0.2) is 0 Å². The Morgan fingerprint density at radius 1 is 1.27 bits per heavy atom. The van der Waals surface area contributed by atoms with E-state index in [0.29, 0.717) is 23.1 Å². The van der Waals surface area contributed by atoms with Crippen LogP contribution in [0, 0.1) is 11.8 Å². The summed E-state index contributed by atoms with van der Waals surface area (Å²) in [4.78, 5) is 14.7. The topological polar surface area (TPSA) is 38.1 Å². The Morgan fingerprint density at radius 3 is 2.60 bits per heavy atom. The fourth-order valence-electron chi connectivity index (χ4n) is 4.25. The molecule has 8 heteroatoms. The van der Waals surface area contributed by atoms with Gasteiger partial charge in [-0.3, -0.25) is 4.79 Å². The summed E-state index contributed by atoms with van der Waals surface area (Å²) < 4.78 is 56.3. The van der Waals surface area contributed by atoms with Crippen LogP contribution in [-0.4, -0.2) is 26.6 Å². The van der Waals surface area contributed by atoms with Crippen LogP contribution < -0.4 is 0 Å². The molecule has 1 aromatic heterocycles. The molecule has 0 bridgehead atoms. The molecule has 1 aromatic carbocycles. The number of benzene rings is 1. The lowest BCUT2D eigenvalue weighted by molar-refractivity contribution is 0.0656. The summed E-state index contributed by atoms with van der Waals surface area (Å²) in [6, 6.07) is 3.65. The predicted molar refractivity (Wildman–Crippen MR) is 104 cm³/mol. The van der Waals surface area contributed by atoms with Crippen LogP contribution >= 0.6 is 0 Å². The van der Waals surface area contributed by atoms with E-state index in [1.54, 1.807) is 13.0 Å². The van der Waals surface area contributed by atoms with Crippen molar-refractivity contribution in [2.75, 3.05) is 0 Å². The molecule has 1 saturated carbocycles. The minimum atomic E-state index is -3.08. The highest BCUT2D eigenvalue weighted by Crippen LogP contribution is 2.41. The van der Waals surface area contributed by atoms with Crippen molar-refractivity contribution in [2.24, 2.45) is 7.05 Å². The average molecular weight is 421 g/mol. The van der Waals surface area contributed by atoms with Crippen molar-refractivity contribution in [2.45, 2.75) is 57.5 Å². The van der Waals surface area contributed by atoms with E-state index in [1.165, 1.54) is 24.1 Å². The fourth-order valence-corrected chi connectivity index (χ4v) is 4.25. The van der Waals surface area contributed by atoms with E-state index in [4.69, 9.17) is 0 Å². The molecule has 1 unspecified atom stereocenters. The summed E-state index contributed by atoms with van der Waals surface area (Å²) in [5, 5.41) is 3.49. The summed E-state index contributed by atoms with van der Waals surface area (Å²) in [6.45, 7) is 1.74. The highest BCUT2D eigenvalue weighted by atomic mass is 19.3. The van der Waals surface area contributed by atoms with Crippen molar-refractivity contribution in [1.29, 1.82) is 0 Å². The van der Waals surface area contributed by atoms with Crippen LogP contribution in [0.3, 0.4) is 0 Å². The van der Waals surface area contributed by atoms with Gasteiger partial charge < -0.3 is 4.90 Å². The predicted octanol–water partition coefficient (Wildman–Crippen LogP) is 5.57. The Hall–Kier alpha value is -2.64. The first-order valence-electron chi connectivity index (χ1n) is 10.1. The lowest BCUT2D eigenvalue weighted by Crippen LogP contribution is -2.37. The molecule has 2 aliphatic carbocycles. The van der Waals surface area contributed by atoms with E-state index in [-0.39, 0.29) is 6.04 Å². The zero-order valence-electron chi connectivity index (χ0n) is 16.8. The maximum absolute atomic E-state index is 14.6. The van der Waals surface area contributed by atoms with Gasteiger partial charge in [-0.1, -0.05) is 12.1 Å². The van der Waals surface area contributed by atoms with Crippen molar-refractivity contribution in [3.8, 4) is 0 Å². The van der Waals surface area contributed by atoms with E-state index in [0.717, 1.165) is 30.4 Å². The lowest BCUT2D eigenvalue weighted by Gasteiger charge is -2.31. The van der Waals surface area contributed by atoms with Crippen LogP contribution in [-0.2, 0) is 7.05 Å². The van der Waals surface area contributed by atoms with Gasteiger partial charge in [0.05, 0.1) is 6.04 Å². The van der Waals surface area contributed by atoms with Crippen molar-refractivity contribution >= 4 is 11.5 Å². The van der Waals surface area contributed by atoms with E-state index in [9.17, 15) is 22.4 Å². The summed E-state index contributed by atoms with van der Waals surface area (Å²) in [6.07, 6.45) is 3.20. The lowest BCUT2D eigenvalue weighted by atomic mass is 9.93. The number of halogens is 4. The molecular formula is C22H23F4N3O. The SMILES string of the molecule is CC(c1cc(F)ccc1C1=CCCC1)N(C(=O)c1c(C(F)F)nn(C)c1F)C1CC1. The number of carbonyl (C=O) groups excluding carboxylic acids is 1. The number of aryl methyl sites for hydroxylation is 1. The molecular weight excluding hydrogens is 398 g/mol. The first-order valence-corrected chi connectivity index (χ1v) is 10.1. The number of nitrogens with zero attached hydrogens (tertiary/aromatic N) is 3. The first-order chi connectivity index (χ1) is 14.3. The summed E-state index contributed by atoms with van der Waals surface area (Å²) in [5.74, 6) is -2.36. The molecule has 0 aliphatic heterocycles. The van der Waals surface area contributed by atoms with Crippen molar-refractivity contribution < 1.29 is 22.4 Å². The van der Waals surface area contributed by atoms with Gasteiger partial charge in [0.2, 0.25) is 5.95 Å². The van der Waals surface area contributed by atoms with Gasteiger partial charge in [-0.05, 0) is 67.9 Å². The Labute approximate surface area is 172 Å². The second-order valence-electron chi connectivity index (χ2n) is 7.95. The standard InChI is InChI=1S/C22H23F4N3O/c1-12(17-11-14(23)7-10-16(17)13-5-3-4-6-13)29(15-8-9-15)22(30)18-19(20(24)25)27-28(2)21(18)26/h5,7,10-12,15,20H,3-4,6,8-9H2,1-2H3. The van der Waals surface area contributed by atoms with Crippen LogP contribution in [0.2, 0.25) is 0 Å². The molecule has 4 nitrogen and oxygen atoms in total. The Kier molecular flexibility index (Phi) is 5.42. The van der Waals surface area contributed by atoms with Gasteiger partial charge in [0.25, 0.3) is 12.3 Å². The van der Waals surface area contributed by atoms with Gasteiger partial charge in [-0.25, -0.2) is 17.9 Å².